The first-order valence-corrected chi connectivity index (χ1v) is 5.24. The van der Waals surface area contributed by atoms with Crippen molar-refractivity contribution in [2.24, 2.45) is 0 Å². The highest BCUT2D eigenvalue weighted by Crippen LogP contribution is 2.34. The lowest BCUT2D eigenvalue weighted by atomic mass is 10.1. The number of thiophene rings is 1. The molecule has 2 rings (SSSR count). The van der Waals surface area contributed by atoms with E-state index in [9.17, 15) is 8.78 Å². The molecule has 0 nitrogen and oxygen atoms in total. The van der Waals surface area contributed by atoms with E-state index in [4.69, 9.17) is 0 Å². The summed E-state index contributed by atoms with van der Waals surface area (Å²) in [5.41, 5.74) is 2.38. The van der Waals surface area contributed by atoms with Crippen molar-refractivity contribution in [3.63, 3.8) is 0 Å². The molecule has 74 valence electrons. The Morgan fingerprint density at radius 2 is 1.79 bits per heavy atom. The fraction of sp³-hybridized carbons (Fsp3) is 0.273. The van der Waals surface area contributed by atoms with Crippen LogP contribution < -0.4 is 0 Å². The van der Waals surface area contributed by atoms with Gasteiger partial charge in [-0.2, -0.15) is 0 Å². The van der Waals surface area contributed by atoms with Gasteiger partial charge in [0.1, 0.15) is 0 Å². The minimum absolute atomic E-state index is 0.160. The lowest BCUT2D eigenvalue weighted by Crippen LogP contribution is -1.83. The van der Waals surface area contributed by atoms with Crippen molar-refractivity contribution in [2.75, 3.05) is 0 Å². The first kappa shape index (κ1) is 9.59. The number of hydrogen-bond donors (Lipinski definition) is 0. The number of hydrogen-bond acceptors (Lipinski definition) is 1. The van der Waals surface area contributed by atoms with Crippen LogP contribution in [0.25, 0.3) is 10.1 Å². The Morgan fingerprint density at radius 1 is 1.14 bits per heavy atom. The van der Waals surface area contributed by atoms with E-state index in [0.717, 1.165) is 15.8 Å². The number of benzene rings is 1. The van der Waals surface area contributed by atoms with Crippen molar-refractivity contribution in [3.8, 4) is 0 Å². The van der Waals surface area contributed by atoms with Crippen molar-refractivity contribution in [2.45, 2.75) is 20.3 Å². The number of halogens is 2. The topological polar surface area (TPSA) is 0 Å². The molecular weight excluding hydrogens is 202 g/mol. The SMILES string of the molecule is Cc1cc2scc(C(F)F)c2cc1C. The van der Waals surface area contributed by atoms with Crippen LogP contribution in [0, 0.1) is 13.8 Å². The Kier molecular flexibility index (Phi) is 2.27. The summed E-state index contributed by atoms with van der Waals surface area (Å²) in [6, 6.07) is 3.82. The predicted molar refractivity (Wildman–Crippen MR) is 56.3 cm³/mol. The average Bonchev–Trinajstić information content (AvgIpc) is 2.48. The average molecular weight is 212 g/mol. The number of alkyl halides is 2. The van der Waals surface area contributed by atoms with E-state index in [1.165, 1.54) is 11.3 Å². The maximum Gasteiger partial charge on any atom is 0.265 e. The molecule has 0 spiro atoms. The number of fused-ring (bicyclic) bond motifs is 1. The summed E-state index contributed by atoms with van der Waals surface area (Å²) in [7, 11) is 0. The summed E-state index contributed by atoms with van der Waals surface area (Å²) in [6.45, 7) is 3.94. The zero-order valence-electron chi connectivity index (χ0n) is 7.97. The predicted octanol–water partition coefficient (Wildman–Crippen LogP) is 4.46. The summed E-state index contributed by atoms with van der Waals surface area (Å²) in [5, 5.41) is 2.25. The van der Waals surface area contributed by atoms with Crippen LogP contribution in [0.3, 0.4) is 0 Å². The maximum absolute atomic E-state index is 12.6. The molecule has 3 heteroatoms. The molecule has 0 N–H and O–H groups in total. The summed E-state index contributed by atoms with van der Waals surface area (Å²) in [5.74, 6) is 0. The van der Waals surface area contributed by atoms with Gasteiger partial charge in [-0.1, -0.05) is 0 Å². The van der Waals surface area contributed by atoms with E-state index >= 15 is 0 Å². The summed E-state index contributed by atoms with van der Waals surface area (Å²) in [4.78, 5) is 0. The van der Waals surface area contributed by atoms with Crippen molar-refractivity contribution >= 4 is 21.4 Å². The maximum atomic E-state index is 12.6. The molecule has 0 fully saturated rings. The summed E-state index contributed by atoms with van der Waals surface area (Å²) < 4.78 is 26.1. The Labute approximate surface area is 85.2 Å². The Bertz CT molecular complexity index is 471. The molecule has 14 heavy (non-hydrogen) atoms. The standard InChI is InChI=1S/C11H10F2S/c1-6-3-8-9(11(12)13)5-14-10(8)4-7(6)2/h3-5,11H,1-2H3. The van der Waals surface area contributed by atoms with E-state index in [-0.39, 0.29) is 5.56 Å². The molecule has 0 atom stereocenters. The highest BCUT2D eigenvalue weighted by molar-refractivity contribution is 7.17. The van der Waals surface area contributed by atoms with Gasteiger partial charge in [0.05, 0.1) is 0 Å². The highest BCUT2D eigenvalue weighted by Gasteiger charge is 2.13. The normalized spacial score (nSPS) is 11.5. The Balaban J connectivity index is 2.74. The lowest BCUT2D eigenvalue weighted by molar-refractivity contribution is 0.153. The molecule has 0 aliphatic rings. The first-order chi connectivity index (χ1) is 6.59. The van der Waals surface area contributed by atoms with Gasteiger partial charge in [0.25, 0.3) is 6.43 Å². The van der Waals surface area contributed by atoms with E-state index in [1.807, 2.05) is 26.0 Å². The van der Waals surface area contributed by atoms with Gasteiger partial charge in [0.15, 0.2) is 0 Å². The zero-order valence-corrected chi connectivity index (χ0v) is 8.79. The minimum atomic E-state index is -2.37. The fourth-order valence-corrected chi connectivity index (χ4v) is 2.50. The van der Waals surface area contributed by atoms with Crippen LogP contribution in [0.4, 0.5) is 8.78 Å². The summed E-state index contributed by atoms with van der Waals surface area (Å²) >= 11 is 1.39. The molecule has 1 aromatic carbocycles. The molecule has 0 saturated heterocycles. The Morgan fingerprint density at radius 3 is 2.43 bits per heavy atom. The quantitative estimate of drug-likeness (QED) is 0.654. The van der Waals surface area contributed by atoms with Gasteiger partial charge in [0, 0.05) is 21.0 Å². The van der Waals surface area contributed by atoms with Gasteiger partial charge in [-0.15, -0.1) is 11.3 Å². The van der Waals surface area contributed by atoms with E-state index in [1.54, 1.807) is 5.38 Å². The molecule has 0 saturated carbocycles. The van der Waals surface area contributed by atoms with Crippen LogP contribution in [-0.2, 0) is 0 Å². The van der Waals surface area contributed by atoms with Crippen LogP contribution in [-0.4, -0.2) is 0 Å². The third-order valence-electron chi connectivity index (χ3n) is 2.45. The van der Waals surface area contributed by atoms with Crippen LogP contribution in [0.5, 0.6) is 0 Å². The zero-order chi connectivity index (χ0) is 10.3. The van der Waals surface area contributed by atoms with E-state index < -0.39 is 6.43 Å². The van der Waals surface area contributed by atoms with Crippen LogP contribution in [0.1, 0.15) is 23.1 Å². The smallest absolute Gasteiger partial charge is 0.205 e. The van der Waals surface area contributed by atoms with Crippen molar-refractivity contribution in [3.05, 3.63) is 34.2 Å². The number of rotatable bonds is 1. The van der Waals surface area contributed by atoms with E-state index in [0.29, 0.717) is 5.39 Å². The van der Waals surface area contributed by atoms with Crippen molar-refractivity contribution in [1.29, 1.82) is 0 Å². The van der Waals surface area contributed by atoms with Gasteiger partial charge in [-0.3, -0.25) is 0 Å². The summed E-state index contributed by atoms with van der Waals surface area (Å²) in [6.07, 6.45) is -2.37. The largest absolute Gasteiger partial charge is 0.265 e. The molecule has 1 heterocycles. The molecule has 1 aromatic heterocycles. The lowest BCUT2D eigenvalue weighted by Gasteiger charge is -2.01. The molecule has 0 bridgehead atoms. The van der Waals surface area contributed by atoms with Gasteiger partial charge in [-0.05, 0) is 37.1 Å². The third kappa shape index (κ3) is 1.42. The molecule has 2 aromatic rings. The highest BCUT2D eigenvalue weighted by atomic mass is 32.1. The fourth-order valence-electron chi connectivity index (χ4n) is 1.47. The van der Waals surface area contributed by atoms with Gasteiger partial charge >= 0.3 is 0 Å². The van der Waals surface area contributed by atoms with Gasteiger partial charge in [0.2, 0.25) is 0 Å². The monoisotopic (exact) mass is 212 g/mol. The Hall–Kier alpha value is -0.960. The molecular formula is C11H10F2S. The van der Waals surface area contributed by atoms with Gasteiger partial charge in [-0.25, -0.2) is 8.78 Å². The minimum Gasteiger partial charge on any atom is -0.205 e. The van der Waals surface area contributed by atoms with Crippen LogP contribution >= 0.6 is 11.3 Å². The van der Waals surface area contributed by atoms with Crippen molar-refractivity contribution in [1.82, 2.24) is 0 Å². The second-order valence-electron chi connectivity index (χ2n) is 3.42. The van der Waals surface area contributed by atoms with Gasteiger partial charge < -0.3 is 0 Å². The number of aryl methyl sites for hydroxylation is 2. The first-order valence-electron chi connectivity index (χ1n) is 4.36. The van der Waals surface area contributed by atoms with E-state index in [2.05, 4.69) is 0 Å². The molecule has 0 radical (unpaired) electrons. The molecule has 0 amide bonds. The second-order valence-corrected chi connectivity index (χ2v) is 4.34. The third-order valence-corrected chi connectivity index (χ3v) is 3.42. The molecule has 0 unspecified atom stereocenters. The van der Waals surface area contributed by atoms with Crippen LogP contribution in [0.15, 0.2) is 17.5 Å². The molecule has 0 aliphatic heterocycles. The van der Waals surface area contributed by atoms with Crippen LogP contribution in [0.2, 0.25) is 0 Å². The molecule has 0 aliphatic carbocycles. The van der Waals surface area contributed by atoms with Crippen molar-refractivity contribution < 1.29 is 8.78 Å². The second kappa shape index (κ2) is 3.31.